The average molecular weight is 399 g/mol. The minimum absolute atomic E-state index is 0.336. The fourth-order valence-electron chi connectivity index (χ4n) is 3.22. The van der Waals surface area contributed by atoms with Crippen LogP contribution in [0.15, 0.2) is 84.9 Å². The average Bonchev–Trinajstić information content (AvgIpc) is 3.26. The van der Waals surface area contributed by atoms with Crippen molar-refractivity contribution in [1.29, 1.82) is 0 Å². The largest absolute Gasteiger partial charge is 0.423 e. The van der Waals surface area contributed by atoms with Crippen molar-refractivity contribution in [3.63, 3.8) is 0 Å². The van der Waals surface area contributed by atoms with E-state index >= 15 is 0 Å². The quantitative estimate of drug-likeness (QED) is 0.447. The minimum atomic E-state index is 0.336. The summed E-state index contributed by atoms with van der Waals surface area (Å²) in [6, 6.07) is 29.0. The molecule has 1 heterocycles. The molecule has 0 bridgehead atoms. The Kier molecular flexibility index (Phi) is 6.47. The number of aryl methyl sites for hydroxylation is 1. The van der Waals surface area contributed by atoms with Gasteiger partial charge in [-0.3, -0.25) is 0 Å². The lowest BCUT2D eigenvalue weighted by atomic mass is 10.1. The first-order valence-corrected chi connectivity index (χ1v) is 10.2. The second kappa shape index (κ2) is 9.80. The number of hydrogen-bond acceptors (Lipinski definition) is 5. The van der Waals surface area contributed by atoms with Crippen molar-refractivity contribution >= 4 is 0 Å². The van der Waals surface area contributed by atoms with E-state index in [1.807, 2.05) is 48.5 Å². The van der Waals surface area contributed by atoms with Crippen LogP contribution in [0.3, 0.4) is 0 Å². The van der Waals surface area contributed by atoms with E-state index < -0.39 is 0 Å². The number of benzene rings is 3. The lowest BCUT2D eigenvalue weighted by Gasteiger charge is -2.14. The van der Waals surface area contributed by atoms with Crippen molar-refractivity contribution < 1.29 is 4.74 Å². The standard InChI is InChI=1S/C24H25N5O/c1-19(15-16-20-9-4-2-5-10-20)25-18-21-11-8-14-23(17-21)30-24-26-27-28-29(24)22-12-6-3-7-13-22/h2-14,17,19,25H,15-16,18H2,1H3. The molecule has 0 aliphatic rings. The van der Waals surface area contributed by atoms with Gasteiger partial charge in [0.25, 0.3) is 0 Å². The van der Waals surface area contributed by atoms with Crippen LogP contribution < -0.4 is 10.1 Å². The molecule has 0 saturated carbocycles. The number of ether oxygens (including phenoxy) is 1. The topological polar surface area (TPSA) is 64.9 Å². The number of hydrogen-bond donors (Lipinski definition) is 1. The summed E-state index contributed by atoms with van der Waals surface area (Å²) in [5.41, 5.74) is 3.37. The van der Waals surface area contributed by atoms with E-state index in [4.69, 9.17) is 4.74 Å². The molecule has 1 aromatic heterocycles. The zero-order chi connectivity index (χ0) is 20.6. The third kappa shape index (κ3) is 5.30. The third-order valence-electron chi connectivity index (χ3n) is 4.91. The Morgan fingerprint density at radius 1 is 0.900 bits per heavy atom. The first-order chi connectivity index (χ1) is 14.8. The molecule has 1 atom stereocenters. The van der Waals surface area contributed by atoms with Crippen molar-refractivity contribution in [1.82, 2.24) is 25.5 Å². The maximum absolute atomic E-state index is 5.96. The molecule has 0 radical (unpaired) electrons. The Hall–Kier alpha value is -3.51. The van der Waals surface area contributed by atoms with Gasteiger partial charge in [0.15, 0.2) is 0 Å². The van der Waals surface area contributed by atoms with Gasteiger partial charge in [0.1, 0.15) is 5.75 Å². The molecule has 0 fully saturated rings. The highest BCUT2D eigenvalue weighted by atomic mass is 16.5. The van der Waals surface area contributed by atoms with Crippen molar-refractivity contribution in [2.45, 2.75) is 32.4 Å². The monoisotopic (exact) mass is 399 g/mol. The second-order valence-electron chi connectivity index (χ2n) is 7.26. The van der Waals surface area contributed by atoms with E-state index in [9.17, 15) is 0 Å². The third-order valence-corrected chi connectivity index (χ3v) is 4.91. The summed E-state index contributed by atoms with van der Waals surface area (Å²) in [7, 11) is 0. The SMILES string of the molecule is CC(CCc1ccccc1)NCc1cccc(Oc2nnnn2-c2ccccc2)c1. The van der Waals surface area contributed by atoms with E-state index in [1.165, 1.54) is 5.56 Å². The molecular formula is C24H25N5O. The summed E-state index contributed by atoms with van der Waals surface area (Å²) in [6.45, 7) is 2.99. The fraction of sp³-hybridized carbons (Fsp3) is 0.208. The number of aromatic nitrogens is 4. The number of rotatable bonds is 9. The Morgan fingerprint density at radius 3 is 2.43 bits per heavy atom. The Morgan fingerprint density at radius 2 is 1.63 bits per heavy atom. The Balaban J connectivity index is 1.34. The molecule has 0 spiro atoms. The van der Waals surface area contributed by atoms with Gasteiger partial charge >= 0.3 is 6.01 Å². The molecule has 3 aromatic carbocycles. The van der Waals surface area contributed by atoms with Crippen molar-refractivity contribution in [2.75, 3.05) is 0 Å². The van der Waals surface area contributed by atoms with Crippen LogP contribution in [0.1, 0.15) is 24.5 Å². The highest BCUT2D eigenvalue weighted by Gasteiger charge is 2.11. The summed E-state index contributed by atoms with van der Waals surface area (Å²) in [5, 5.41) is 15.4. The normalized spacial score (nSPS) is 11.9. The van der Waals surface area contributed by atoms with Gasteiger partial charge in [-0.1, -0.05) is 65.8 Å². The fourth-order valence-corrected chi connectivity index (χ4v) is 3.22. The first-order valence-electron chi connectivity index (χ1n) is 10.2. The predicted molar refractivity (Wildman–Crippen MR) is 117 cm³/mol. The molecule has 4 rings (SSSR count). The predicted octanol–water partition coefficient (Wildman–Crippen LogP) is 4.57. The molecule has 152 valence electrons. The van der Waals surface area contributed by atoms with Crippen LogP contribution in [0.25, 0.3) is 5.69 Å². The number of tetrazole rings is 1. The molecule has 6 nitrogen and oxygen atoms in total. The molecular weight excluding hydrogens is 374 g/mol. The summed E-state index contributed by atoms with van der Waals surface area (Å²) < 4.78 is 7.54. The van der Waals surface area contributed by atoms with Crippen LogP contribution in [0, 0.1) is 0 Å². The van der Waals surface area contributed by atoms with Gasteiger partial charge in [-0.2, -0.15) is 4.68 Å². The van der Waals surface area contributed by atoms with Gasteiger partial charge in [0.05, 0.1) is 5.69 Å². The highest BCUT2D eigenvalue weighted by Crippen LogP contribution is 2.22. The Labute approximate surface area is 176 Å². The molecule has 4 aromatic rings. The second-order valence-corrected chi connectivity index (χ2v) is 7.26. The van der Waals surface area contributed by atoms with E-state index in [1.54, 1.807) is 4.68 Å². The van der Waals surface area contributed by atoms with Gasteiger partial charge in [-0.25, -0.2) is 0 Å². The minimum Gasteiger partial charge on any atom is -0.423 e. The van der Waals surface area contributed by atoms with Crippen molar-refractivity contribution in [3.05, 3.63) is 96.1 Å². The summed E-state index contributed by atoms with van der Waals surface area (Å²) in [5.74, 6) is 0.707. The first kappa shape index (κ1) is 19.8. The van der Waals surface area contributed by atoms with Gasteiger partial charge in [-0.15, -0.1) is 0 Å². The molecule has 0 amide bonds. The molecule has 0 aliphatic heterocycles. The molecule has 0 saturated heterocycles. The van der Waals surface area contributed by atoms with Gasteiger partial charge in [-0.05, 0) is 65.6 Å². The van der Waals surface area contributed by atoms with Crippen LogP contribution in [-0.2, 0) is 13.0 Å². The molecule has 1 unspecified atom stereocenters. The van der Waals surface area contributed by atoms with E-state index in [0.29, 0.717) is 17.8 Å². The summed E-state index contributed by atoms with van der Waals surface area (Å²) in [4.78, 5) is 0. The van der Waals surface area contributed by atoms with Gasteiger partial charge < -0.3 is 10.1 Å². The van der Waals surface area contributed by atoms with Crippen molar-refractivity contribution in [3.8, 4) is 17.4 Å². The van der Waals surface area contributed by atoms with Crippen molar-refractivity contribution in [2.24, 2.45) is 0 Å². The van der Waals surface area contributed by atoms with Crippen LogP contribution in [0.2, 0.25) is 0 Å². The maximum Gasteiger partial charge on any atom is 0.345 e. The zero-order valence-electron chi connectivity index (χ0n) is 17.0. The molecule has 30 heavy (non-hydrogen) atoms. The Bertz CT molecular complexity index is 1050. The van der Waals surface area contributed by atoms with E-state index in [-0.39, 0.29) is 0 Å². The van der Waals surface area contributed by atoms with Crippen LogP contribution in [0.4, 0.5) is 0 Å². The van der Waals surface area contributed by atoms with Gasteiger partial charge in [0, 0.05) is 12.6 Å². The number of nitrogens with zero attached hydrogens (tertiary/aromatic N) is 4. The number of para-hydroxylation sites is 1. The highest BCUT2D eigenvalue weighted by molar-refractivity contribution is 5.34. The zero-order valence-corrected chi connectivity index (χ0v) is 17.0. The van der Waals surface area contributed by atoms with Crippen LogP contribution in [-0.4, -0.2) is 26.2 Å². The van der Waals surface area contributed by atoms with Crippen LogP contribution >= 0.6 is 0 Å². The van der Waals surface area contributed by atoms with Gasteiger partial charge in [0.2, 0.25) is 0 Å². The van der Waals surface area contributed by atoms with E-state index in [2.05, 4.69) is 64.2 Å². The van der Waals surface area contributed by atoms with E-state index in [0.717, 1.165) is 30.6 Å². The lowest BCUT2D eigenvalue weighted by Crippen LogP contribution is -2.25. The summed E-state index contributed by atoms with van der Waals surface area (Å²) >= 11 is 0. The van der Waals surface area contributed by atoms with Crippen LogP contribution in [0.5, 0.6) is 11.8 Å². The molecule has 1 N–H and O–H groups in total. The lowest BCUT2D eigenvalue weighted by molar-refractivity contribution is 0.426. The molecule has 0 aliphatic carbocycles. The smallest absolute Gasteiger partial charge is 0.345 e. The summed E-state index contributed by atoms with van der Waals surface area (Å²) in [6.07, 6.45) is 2.16. The molecule has 6 heteroatoms. The maximum atomic E-state index is 5.96. The number of nitrogens with one attached hydrogen (secondary N) is 1.